The van der Waals surface area contributed by atoms with E-state index in [0.717, 1.165) is 12.8 Å². The van der Waals surface area contributed by atoms with Gasteiger partial charge in [-0.2, -0.15) is 0 Å². The summed E-state index contributed by atoms with van der Waals surface area (Å²) < 4.78 is 5.26. The summed E-state index contributed by atoms with van der Waals surface area (Å²) >= 11 is 0. The highest BCUT2D eigenvalue weighted by atomic mass is 16.5. The fraction of sp³-hybridized carbons (Fsp3) is 0.467. The summed E-state index contributed by atoms with van der Waals surface area (Å²) in [5, 5.41) is 11.8. The molecule has 0 radical (unpaired) electrons. The topological polar surface area (TPSA) is 75.6 Å². The van der Waals surface area contributed by atoms with E-state index in [2.05, 4.69) is 17.4 Å². The van der Waals surface area contributed by atoms with E-state index in [1.807, 2.05) is 12.1 Å². The Bertz CT molecular complexity index is 517. The summed E-state index contributed by atoms with van der Waals surface area (Å²) in [4.78, 5) is 22.9. The summed E-state index contributed by atoms with van der Waals surface area (Å²) in [5.74, 6) is -1.18. The van der Waals surface area contributed by atoms with Gasteiger partial charge in [0.2, 0.25) is 5.91 Å². The minimum Gasteiger partial charge on any atom is -0.479 e. The lowest BCUT2D eigenvalue weighted by molar-refractivity contribution is -0.151. The quantitative estimate of drug-likeness (QED) is 0.859. The second-order valence-corrected chi connectivity index (χ2v) is 5.41. The Balaban J connectivity index is 1.55. The average Bonchev–Trinajstić information content (AvgIpc) is 3.04. The summed E-state index contributed by atoms with van der Waals surface area (Å²) in [6.45, 7) is 0. The van der Waals surface area contributed by atoms with Crippen molar-refractivity contribution in [1.82, 2.24) is 5.32 Å². The molecule has 1 aliphatic heterocycles. The van der Waals surface area contributed by atoms with Gasteiger partial charge in [-0.3, -0.25) is 4.79 Å². The lowest BCUT2D eigenvalue weighted by Crippen LogP contribution is -2.42. The van der Waals surface area contributed by atoms with Crippen molar-refractivity contribution < 1.29 is 19.4 Å². The van der Waals surface area contributed by atoms with Crippen LogP contribution in [0, 0.1) is 0 Å². The van der Waals surface area contributed by atoms with Gasteiger partial charge in [0.05, 0.1) is 0 Å². The molecule has 1 saturated heterocycles. The first-order valence-corrected chi connectivity index (χ1v) is 6.89. The zero-order chi connectivity index (χ0) is 14.1. The molecule has 1 aromatic rings. The number of aliphatic carboxylic acids is 1. The number of benzene rings is 1. The maximum Gasteiger partial charge on any atom is 0.332 e. The number of nitrogens with one attached hydrogen (secondary N) is 1. The number of hydrogen-bond acceptors (Lipinski definition) is 3. The van der Waals surface area contributed by atoms with Gasteiger partial charge in [0.25, 0.3) is 0 Å². The zero-order valence-electron chi connectivity index (χ0n) is 11.0. The molecule has 0 aromatic heterocycles. The van der Waals surface area contributed by atoms with E-state index in [-0.39, 0.29) is 11.9 Å². The zero-order valence-corrected chi connectivity index (χ0v) is 11.0. The number of ether oxygens (including phenoxy) is 1. The molecule has 5 nitrogen and oxygen atoms in total. The van der Waals surface area contributed by atoms with Crippen LogP contribution in [0.1, 0.15) is 24.0 Å². The molecule has 1 fully saturated rings. The van der Waals surface area contributed by atoms with Crippen LogP contribution in [0.25, 0.3) is 0 Å². The molecule has 106 valence electrons. The van der Waals surface area contributed by atoms with Gasteiger partial charge in [-0.05, 0) is 36.8 Å². The standard InChI is InChI=1S/C15H17NO4/c17-14(12-5-6-13(20-12)15(18)19)16-11-7-9-3-1-2-4-10(9)8-11/h1-4,11-13H,5-8H2,(H,16,17)(H,18,19)/t12-,13+/m0/s1. The molecule has 20 heavy (non-hydrogen) atoms. The van der Waals surface area contributed by atoms with Gasteiger partial charge in [0, 0.05) is 6.04 Å². The molecule has 1 aliphatic carbocycles. The van der Waals surface area contributed by atoms with Crippen LogP contribution in [0.4, 0.5) is 0 Å². The number of amides is 1. The first-order valence-electron chi connectivity index (χ1n) is 6.89. The van der Waals surface area contributed by atoms with Gasteiger partial charge < -0.3 is 15.2 Å². The lowest BCUT2D eigenvalue weighted by Gasteiger charge is -2.16. The number of carbonyl (C=O) groups is 2. The third-order valence-corrected chi connectivity index (χ3v) is 3.98. The van der Waals surface area contributed by atoms with Gasteiger partial charge in [0.15, 0.2) is 6.10 Å². The van der Waals surface area contributed by atoms with Crippen LogP contribution in [-0.4, -0.2) is 35.2 Å². The molecule has 0 unspecified atom stereocenters. The Morgan fingerprint density at radius 3 is 2.25 bits per heavy atom. The molecule has 3 rings (SSSR count). The molecular formula is C15H17NO4. The average molecular weight is 275 g/mol. The van der Waals surface area contributed by atoms with Crippen LogP contribution in [0.2, 0.25) is 0 Å². The highest BCUT2D eigenvalue weighted by molar-refractivity contribution is 5.83. The van der Waals surface area contributed by atoms with E-state index in [9.17, 15) is 9.59 Å². The van der Waals surface area contributed by atoms with Crippen molar-refractivity contribution in [3.63, 3.8) is 0 Å². The Labute approximate surface area is 116 Å². The third-order valence-electron chi connectivity index (χ3n) is 3.98. The maximum atomic E-state index is 12.1. The minimum atomic E-state index is -0.992. The highest BCUT2D eigenvalue weighted by Gasteiger charge is 2.35. The van der Waals surface area contributed by atoms with Crippen molar-refractivity contribution in [2.24, 2.45) is 0 Å². The second-order valence-electron chi connectivity index (χ2n) is 5.41. The number of hydrogen-bond donors (Lipinski definition) is 2. The van der Waals surface area contributed by atoms with E-state index < -0.39 is 18.2 Å². The number of fused-ring (bicyclic) bond motifs is 1. The molecule has 1 aromatic carbocycles. The van der Waals surface area contributed by atoms with Crippen LogP contribution in [0.5, 0.6) is 0 Å². The smallest absolute Gasteiger partial charge is 0.332 e. The van der Waals surface area contributed by atoms with Crippen molar-refractivity contribution in [2.75, 3.05) is 0 Å². The van der Waals surface area contributed by atoms with Crippen molar-refractivity contribution in [3.05, 3.63) is 35.4 Å². The van der Waals surface area contributed by atoms with Crippen LogP contribution in [-0.2, 0) is 27.2 Å². The molecule has 2 N–H and O–H groups in total. The van der Waals surface area contributed by atoms with Crippen molar-refractivity contribution >= 4 is 11.9 Å². The van der Waals surface area contributed by atoms with Gasteiger partial charge in [-0.15, -0.1) is 0 Å². The number of carboxylic acid groups (broad SMARTS) is 1. The monoisotopic (exact) mass is 275 g/mol. The Kier molecular flexibility index (Phi) is 3.44. The van der Waals surface area contributed by atoms with Crippen LogP contribution in [0.3, 0.4) is 0 Å². The predicted molar refractivity (Wildman–Crippen MR) is 71.3 cm³/mol. The molecule has 2 aliphatic rings. The first kappa shape index (κ1) is 13.1. The highest BCUT2D eigenvalue weighted by Crippen LogP contribution is 2.23. The summed E-state index contributed by atoms with van der Waals surface area (Å²) in [5.41, 5.74) is 2.54. The fourth-order valence-electron chi connectivity index (χ4n) is 2.97. The SMILES string of the molecule is O=C(NC1Cc2ccccc2C1)[C@@H]1CC[C@H](C(=O)O)O1. The molecular weight excluding hydrogens is 258 g/mol. The normalized spacial score (nSPS) is 25.4. The van der Waals surface area contributed by atoms with Gasteiger partial charge >= 0.3 is 5.97 Å². The fourth-order valence-corrected chi connectivity index (χ4v) is 2.97. The van der Waals surface area contributed by atoms with Crippen LogP contribution < -0.4 is 5.32 Å². The summed E-state index contributed by atoms with van der Waals surface area (Å²) in [7, 11) is 0. The molecule has 5 heteroatoms. The lowest BCUT2D eigenvalue weighted by atomic mass is 10.1. The first-order chi connectivity index (χ1) is 9.63. The Hall–Kier alpha value is -1.88. The third kappa shape index (κ3) is 2.54. The van der Waals surface area contributed by atoms with E-state index in [1.165, 1.54) is 11.1 Å². The van der Waals surface area contributed by atoms with E-state index >= 15 is 0 Å². The molecule has 1 amide bonds. The van der Waals surface area contributed by atoms with E-state index in [1.54, 1.807) is 0 Å². The second kappa shape index (κ2) is 5.25. The van der Waals surface area contributed by atoms with Crippen LogP contribution in [0.15, 0.2) is 24.3 Å². The van der Waals surface area contributed by atoms with E-state index in [4.69, 9.17) is 9.84 Å². The Morgan fingerprint density at radius 2 is 1.70 bits per heavy atom. The van der Waals surface area contributed by atoms with Crippen molar-refractivity contribution in [2.45, 2.75) is 43.9 Å². The Morgan fingerprint density at radius 1 is 1.10 bits per heavy atom. The molecule has 0 bridgehead atoms. The predicted octanol–water partition coefficient (Wildman–Crippen LogP) is 0.902. The largest absolute Gasteiger partial charge is 0.479 e. The maximum absolute atomic E-state index is 12.1. The van der Waals surface area contributed by atoms with Crippen molar-refractivity contribution in [1.29, 1.82) is 0 Å². The van der Waals surface area contributed by atoms with Crippen LogP contribution >= 0.6 is 0 Å². The number of carbonyl (C=O) groups excluding carboxylic acids is 1. The minimum absolute atomic E-state index is 0.0902. The molecule has 0 saturated carbocycles. The van der Waals surface area contributed by atoms with Crippen molar-refractivity contribution in [3.8, 4) is 0 Å². The number of rotatable bonds is 3. The summed E-state index contributed by atoms with van der Waals surface area (Å²) in [6.07, 6.45) is 1.07. The molecule has 1 heterocycles. The van der Waals surface area contributed by atoms with Gasteiger partial charge in [-0.25, -0.2) is 4.79 Å². The number of carboxylic acids is 1. The molecule has 0 spiro atoms. The van der Waals surface area contributed by atoms with Gasteiger partial charge in [-0.1, -0.05) is 24.3 Å². The van der Waals surface area contributed by atoms with E-state index in [0.29, 0.717) is 12.8 Å². The molecule has 2 atom stereocenters. The summed E-state index contributed by atoms with van der Waals surface area (Å²) in [6, 6.07) is 8.25. The van der Waals surface area contributed by atoms with Gasteiger partial charge in [0.1, 0.15) is 6.10 Å².